The molecule has 0 N–H and O–H groups in total. The van der Waals surface area contributed by atoms with E-state index in [-0.39, 0.29) is 0 Å². The van der Waals surface area contributed by atoms with E-state index in [4.69, 9.17) is 4.74 Å². The molecule has 1 aliphatic heterocycles. The van der Waals surface area contributed by atoms with E-state index in [2.05, 4.69) is 11.1 Å². The van der Waals surface area contributed by atoms with Crippen molar-refractivity contribution >= 4 is 11.8 Å². The van der Waals surface area contributed by atoms with Crippen LogP contribution in [0.5, 0.6) is 5.75 Å². The Bertz CT molecular complexity index is 288. The molecular formula is C9H11NOS. The molecule has 3 heteroatoms. The van der Waals surface area contributed by atoms with Crippen LogP contribution in [0.4, 0.5) is 0 Å². The highest BCUT2D eigenvalue weighted by Crippen LogP contribution is 2.31. The van der Waals surface area contributed by atoms with E-state index < -0.39 is 0 Å². The van der Waals surface area contributed by atoms with Gasteiger partial charge in [-0.2, -0.15) is 0 Å². The van der Waals surface area contributed by atoms with Crippen LogP contribution in [0, 0.1) is 6.92 Å². The van der Waals surface area contributed by atoms with Gasteiger partial charge in [0.1, 0.15) is 0 Å². The number of nitrogens with zero attached hydrogens (tertiary/aromatic N) is 1. The second-order valence-corrected chi connectivity index (χ2v) is 3.96. The summed E-state index contributed by atoms with van der Waals surface area (Å²) in [6.07, 6.45) is 2.95. The largest absolute Gasteiger partial charge is 0.491 e. The van der Waals surface area contributed by atoms with Gasteiger partial charge in [-0.15, -0.1) is 11.8 Å². The van der Waals surface area contributed by atoms with Gasteiger partial charge in [0, 0.05) is 11.4 Å². The van der Waals surface area contributed by atoms with E-state index >= 15 is 0 Å². The van der Waals surface area contributed by atoms with Gasteiger partial charge in [-0.1, -0.05) is 0 Å². The topological polar surface area (TPSA) is 22.1 Å². The minimum Gasteiger partial charge on any atom is -0.491 e. The van der Waals surface area contributed by atoms with Gasteiger partial charge < -0.3 is 4.74 Å². The molecule has 0 unspecified atom stereocenters. The molecule has 0 spiro atoms. The number of aryl methyl sites for hydroxylation is 1. The first-order valence-electron chi connectivity index (χ1n) is 4.08. The SMILES string of the molecule is Cc1cc2c(cn1)OCCCS2. The van der Waals surface area contributed by atoms with Crippen molar-refractivity contribution in [2.24, 2.45) is 0 Å². The van der Waals surface area contributed by atoms with E-state index in [0.717, 1.165) is 30.2 Å². The Labute approximate surface area is 76.3 Å². The summed E-state index contributed by atoms with van der Waals surface area (Å²) < 4.78 is 5.52. The third-order valence-electron chi connectivity index (χ3n) is 1.77. The number of hydrogen-bond acceptors (Lipinski definition) is 3. The summed E-state index contributed by atoms with van der Waals surface area (Å²) >= 11 is 1.86. The first-order chi connectivity index (χ1) is 5.86. The van der Waals surface area contributed by atoms with Crippen LogP contribution in [0.25, 0.3) is 0 Å². The standard InChI is InChI=1S/C9H11NOS/c1-7-5-9-8(6-10-7)11-3-2-4-12-9/h5-6H,2-4H2,1H3. The molecule has 2 nitrogen and oxygen atoms in total. The Morgan fingerprint density at radius 3 is 3.42 bits per heavy atom. The molecule has 0 saturated heterocycles. The maximum absolute atomic E-state index is 5.52. The third kappa shape index (κ3) is 1.55. The predicted molar refractivity (Wildman–Crippen MR) is 49.8 cm³/mol. The van der Waals surface area contributed by atoms with E-state index in [9.17, 15) is 0 Å². The van der Waals surface area contributed by atoms with Gasteiger partial charge in [0.25, 0.3) is 0 Å². The molecule has 1 aliphatic rings. The molecule has 1 aromatic rings. The molecule has 0 atom stereocenters. The highest BCUT2D eigenvalue weighted by Gasteiger charge is 2.09. The molecule has 1 aromatic heterocycles. The summed E-state index contributed by atoms with van der Waals surface area (Å²) in [7, 11) is 0. The summed E-state index contributed by atoms with van der Waals surface area (Å²) in [5.74, 6) is 2.10. The second-order valence-electron chi connectivity index (χ2n) is 2.82. The number of pyridine rings is 1. The smallest absolute Gasteiger partial charge is 0.151 e. The van der Waals surface area contributed by atoms with Crippen molar-refractivity contribution in [3.63, 3.8) is 0 Å². The maximum atomic E-state index is 5.52. The third-order valence-corrected chi connectivity index (χ3v) is 2.89. The molecule has 64 valence electrons. The van der Waals surface area contributed by atoms with E-state index in [1.165, 1.54) is 4.90 Å². The predicted octanol–water partition coefficient (Wildman–Crippen LogP) is 2.26. The van der Waals surface area contributed by atoms with Gasteiger partial charge in [0.2, 0.25) is 0 Å². The van der Waals surface area contributed by atoms with Crippen molar-refractivity contribution < 1.29 is 4.74 Å². The monoisotopic (exact) mass is 181 g/mol. The number of rotatable bonds is 0. The fraction of sp³-hybridized carbons (Fsp3) is 0.444. The van der Waals surface area contributed by atoms with Crippen molar-refractivity contribution in [3.05, 3.63) is 18.0 Å². The summed E-state index contributed by atoms with van der Waals surface area (Å²) in [6, 6.07) is 2.09. The molecule has 0 amide bonds. The minimum absolute atomic E-state index is 0.824. The minimum atomic E-state index is 0.824. The van der Waals surface area contributed by atoms with Gasteiger partial charge in [0.05, 0.1) is 17.7 Å². The zero-order chi connectivity index (χ0) is 8.39. The lowest BCUT2D eigenvalue weighted by Gasteiger charge is -2.05. The van der Waals surface area contributed by atoms with Gasteiger partial charge in [-0.3, -0.25) is 4.98 Å². The number of fused-ring (bicyclic) bond motifs is 1. The summed E-state index contributed by atoms with van der Waals surface area (Å²) in [5.41, 5.74) is 1.06. The molecule has 2 heterocycles. The van der Waals surface area contributed by atoms with Crippen LogP contribution in [0.15, 0.2) is 17.2 Å². The first-order valence-corrected chi connectivity index (χ1v) is 5.07. The Hall–Kier alpha value is -0.700. The molecule has 0 saturated carbocycles. The van der Waals surface area contributed by atoms with E-state index in [0.29, 0.717) is 0 Å². The quantitative estimate of drug-likeness (QED) is 0.613. The van der Waals surface area contributed by atoms with Crippen LogP contribution in [0.1, 0.15) is 12.1 Å². The van der Waals surface area contributed by atoms with Crippen LogP contribution in [-0.4, -0.2) is 17.3 Å². The fourth-order valence-corrected chi connectivity index (χ4v) is 2.16. The fourth-order valence-electron chi connectivity index (χ4n) is 1.17. The van der Waals surface area contributed by atoms with Crippen LogP contribution in [0.3, 0.4) is 0 Å². The summed E-state index contributed by atoms with van der Waals surface area (Å²) in [4.78, 5) is 5.43. The highest BCUT2D eigenvalue weighted by molar-refractivity contribution is 7.99. The second kappa shape index (κ2) is 3.35. The normalized spacial score (nSPS) is 16.1. The Kier molecular flexibility index (Phi) is 2.21. The van der Waals surface area contributed by atoms with Crippen LogP contribution in [0.2, 0.25) is 0 Å². The molecular weight excluding hydrogens is 170 g/mol. The van der Waals surface area contributed by atoms with E-state index in [1.807, 2.05) is 24.9 Å². The van der Waals surface area contributed by atoms with Crippen LogP contribution >= 0.6 is 11.8 Å². The van der Waals surface area contributed by atoms with Gasteiger partial charge >= 0.3 is 0 Å². The van der Waals surface area contributed by atoms with Crippen molar-refractivity contribution in [3.8, 4) is 5.75 Å². The molecule has 0 bridgehead atoms. The van der Waals surface area contributed by atoms with Crippen molar-refractivity contribution in [2.45, 2.75) is 18.2 Å². The molecule has 0 aliphatic carbocycles. The van der Waals surface area contributed by atoms with E-state index in [1.54, 1.807) is 0 Å². The van der Waals surface area contributed by atoms with Gasteiger partial charge in [-0.25, -0.2) is 0 Å². The zero-order valence-electron chi connectivity index (χ0n) is 7.04. The van der Waals surface area contributed by atoms with Crippen molar-refractivity contribution in [2.75, 3.05) is 12.4 Å². The number of hydrogen-bond donors (Lipinski definition) is 0. The molecule has 2 rings (SSSR count). The molecule has 12 heavy (non-hydrogen) atoms. The lowest BCUT2D eigenvalue weighted by Crippen LogP contribution is -1.96. The lowest BCUT2D eigenvalue weighted by molar-refractivity contribution is 0.313. The van der Waals surface area contributed by atoms with Crippen LogP contribution in [-0.2, 0) is 0 Å². The Morgan fingerprint density at radius 2 is 2.50 bits per heavy atom. The molecule has 0 fully saturated rings. The summed E-state index contributed by atoms with van der Waals surface area (Å²) in [6.45, 7) is 2.83. The molecule has 0 aromatic carbocycles. The lowest BCUT2D eigenvalue weighted by atomic mass is 10.4. The van der Waals surface area contributed by atoms with Crippen molar-refractivity contribution in [1.82, 2.24) is 4.98 Å². The highest BCUT2D eigenvalue weighted by atomic mass is 32.2. The number of ether oxygens (including phenoxy) is 1. The Balaban J connectivity index is 2.36. The van der Waals surface area contributed by atoms with Gasteiger partial charge in [-0.05, 0) is 19.4 Å². The van der Waals surface area contributed by atoms with Gasteiger partial charge in [0.15, 0.2) is 5.75 Å². The maximum Gasteiger partial charge on any atom is 0.151 e. The van der Waals surface area contributed by atoms with Crippen LogP contribution < -0.4 is 4.74 Å². The molecule has 0 radical (unpaired) electrons. The first kappa shape index (κ1) is 7.92. The number of thioether (sulfide) groups is 1. The number of aromatic nitrogens is 1. The van der Waals surface area contributed by atoms with Crippen molar-refractivity contribution in [1.29, 1.82) is 0 Å². The average Bonchev–Trinajstić information content (AvgIpc) is 2.28. The summed E-state index contributed by atoms with van der Waals surface area (Å²) in [5, 5.41) is 0. The zero-order valence-corrected chi connectivity index (χ0v) is 7.86. The average molecular weight is 181 g/mol. The Morgan fingerprint density at radius 1 is 1.58 bits per heavy atom.